The van der Waals surface area contributed by atoms with Crippen molar-refractivity contribution in [1.82, 2.24) is 4.90 Å². The number of Topliss-reactive ketones (excluding diaryl/α,β-unsaturated/α-hetero) is 2. The fraction of sp³-hybridized carbons (Fsp3) is 0.483. The lowest BCUT2D eigenvalue weighted by atomic mass is 9.83. The fourth-order valence-electron chi connectivity index (χ4n) is 4.06. The topological polar surface area (TPSA) is 158 Å². The second-order valence-electron chi connectivity index (χ2n) is 10.6. The number of amidine groups is 1. The van der Waals surface area contributed by atoms with Gasteiger partial charge in [-0.25, -0.2) is 9.59 Å². The van der Waals surface area contributed by atoms with Crippen molar-refractivity contribution >= 4 is 29.3 Å². The van der Waals surface area contributed by atoms with Crippen LogP contribution in [0.5, 0.6) is 11.5 Å². The van der Waals surface area contributed by atoms with Crippen LogP contribution < -0.4 is 15.2 Å². The van der Waals surface area contributed by atoms with Crippen molar-refractivity contribution in [2.45, 2.75) is 27.7 Å². The van der Waals surface area contributed by atoms with Crippen molar-refractivity contribution < 1.29 is 38.1 Å². The molecule has 11 heteroatoms. The maximum Gasteiger partial charge on any atom is 0.344 e. The van der Waals surface area contributed by atoms with E-state index in [-0.39, 0.29) is 72.7 Å². The van der Waals surface area contributed by atoms with Crippen LogP contribution in [-0.2, 0) is 23.9 Å². The minimum absolute atomic E-state index is 0.0105. The molecule has 2 aliphatic rings. The van der Waals surface area contributed by atoms with Gasteiger partial charge in [0.25, 0.3) is 0 Å². The van der Waals surface area contributed by atoms with E-state index in [1.54, 1.807) is 23.3 Å². The summed E-state index contributed by atoms with van der Waals surface area (Å²) >= 11 is 0. The third-order valence-corrected chi connectivity index (χ3v) is 6.08. The highest BCUT2D eigenvalue weighted by Crippen LogP contribution is 2.32. The molecule has 2 unspecified atom stereocenters. The first-order chi connectivity index (χ1) is 18.9. The average Bonchev–Trinajstić information content (AvgIpc) is 3.31. The quantitative estimate of drug-likeness (QED) is 0.151. The van der Waals surface area contributed by atoms with E-state index in [2.05, 4.69) is 0 Å². The van der Waals surface area contributed by atoms with Crippen LogP contribution in [-0.4, -0.2) is 73.8 Å². The molecule has 216 valence electrons. The van der Waals surface area contributed by atoms with Gasteiger partial charge < -0.3 is 29.6 Å². The van der Waals surface area contributed by atoms with Crippen molar-refractivity contribution in [3.05, 3.63) is 47.7 Å². The maximum atomic E-state index is 13.2. The third kappa shape index (κ3) is 8.42. The van der Waals surface area contributed by atoms with Crippen LogP contribution in [0.1, 0.15) is 38.1 Å². The number of nitrogens with one attached hydrogen (secondary N) is 1. The number of fused-ring (bicyclic) bond motifs is 1. The van der Waals surface area contributed by atoms with E-state index in [0.29, 0.717) is 6.54 Å². The van der Waals surface area contributed by atoms with E-state index in [9.17, 15) is 19.2 Å². The molecule has 3 N–H and O–H groups in total. The molecular formula is C29H37N3O8. The van der Waals surface area contributed by atoms with Crippen molar-refractivity contribution in [2.24, 2.45) is 29.4 Å². The molecule has 0 amide bonds. The Bertz CT molecular complexity index is 1200. The Kier molecular flexibility index (Phi) is 10.5. The molecule has 0 aromatic heterocycles. The monoisotopic (exact) mass is 555 g/mol. The molecule has 40 heavy (non-hydrogen) atoms. The number of ketones is 2. The molecule has 0 saturated heterocycles. The Morgan fingerprint density at radius 3 is 2.17 bits per heavy atom. The number of nitrogens with two attached hydrogens (primary N) is 1. The van der Waals surface area contributed by atoms with Crippen molar-refractivity contribution in [3.63, 3.8) is 0 Å². The number of hydrogen-bond acceptors (Lipinski definition) is 10. The molecule has 1 heterocycles. The average molecular weight is 556 g/mol. The number of hydrogen-bond donors (Lipinski definition) is 2. The van der Waals surface area contributed by atoms with Gasteiger partial charge in [-0.05, 0) is 35.6 Å². The van der Waals surface area contributed by atoms with E-state index < -0.39 is 30.4 Å². The Morgan fingerprint density at radius 1 is 1.00 bits per heavy atom. The molecule has 1 aromatic carbocycles. The van der Waals surface area contributed by atoms with Crippen molar-refractivity contribution in [2.75, 3.05) is 39.5 Å². The zero-order chi connectivity index (χ0) is 29.4. The number of allylic oxidation sites excluding steroid dienone is 1. The number of benzene rings is 1. The van der Waals surface area contributed by atoms with Crippen molar-refractivity contribution in [1.29, 1.82) is 5.41 Å². The molecule has 0 radical (unpaired) electrons. The summed E-state index contributed by atoms with van der Waals surface area (Å²) in [6.45, 7) is 7.65. The van der Waals surface area contributed by atoms with Crippen LogP contribution in [0, 0.1) is 29.1 Å². The smallest absolute Gasteiger partial charge is 0.344 e. The molecule has 0 spiro atoms. The van der Waals surface area contributed by atoms with Gasteiger partial charge in [-0.1, -0.05) is 39.8 Å². The molecule has 0 bridgehead atoms. The molecule has 1 aliphatic heterocycles. The Labute approximate surface area is 233 Å². The number of carbonyl (C=O) groups is 4. The number of ether oxygens (including phenoxy) is 4. The number of esters is 2. The van der Waals surface area contributed by atoms with Gasteiger partial charge in [0.2, 0.25) is 0 Å². The highest BCUT2D eigenvalue weighted by molar-refractivity contribution is 6.07. The molecular weight excluding hydrogens is 518 g/mol. The summed E-state index contributed by atoms with van der Waals surface area (Å²) in [4.78, 5) is 51.8. The minimum atomic E-state index is -0.750. The first-order valence-corrected chi connectivity index (χ1v) is 13.2. The minimum Gasteiger partial charge on any atom is -0.478 e. The first kappa shape index (κ1) is 30.4. The molecule has 1 aromatic rings. The Morgan fingerprint density at radius 2 is 1.60 bits per heavy atom. The summed E-state index contributed by atoms with van der Waals surface area (Å²) in [5, 5.41) is 7.62. The number of nitrogens with zero attached hydrogens (tertiary/aromatic N) is 1. The Balaban J connectivity index is 1.69. The fourth-order valence-corrected chi connectivity index (χ4v) is 4.06. The number of rotatable bonds is 14. The van der Waals surface area contributed by atoms with Gasteiger partial charge in [-0.2, -0.15) is 0 Å². The predicted molar refractivity (Wildman–Crippen MR) is 146 cm³/mol. The zero-order valence-corrected chi connectivity index (χ0v) is 23.3. The van der Waals surface area contributed by atoms with E-state index in [4.69, 9.17) is 30.1 Å². The Hall–Kier alpha value is -4.15. The molecule has 2 atom stereocenters. The highest BCUT2D eigenvalue weighted by Gasteiger charge is 2.37. The third-order valence-electron chi connectivity index (χ3n) is 6.08. The standard InChI is InChI=1S/C29H37N3O8/c1-17(2)13-39-26(34)15-37-24-8-6-19(9-25(24)38-16-27(35)40-14-18(3)4)23(33)12-32-10-20-5-7-21(29(30)31)28(36)22(20)11-32/h5-10,17-18,21-22H,11-16H2,1-4H3,(H3,30,31). The summed E-state index contributed by atoms with van der Waals surface area (Å²) in [5.41, 5.74) is 6.60. The lowest BCUT2D eigenvalue weighted by molar-refractivity contribution is -0.148. The van der Waals surface area contributed by atoms with Gasteiger partial charge in [-0.3, -0.25) is 15.0 Å². The summed E-state index contributed by atoms with van der Waals surface area (Å²) in [6.07, 6.45) is 5.13. The zero-order valence-electron chi connectivity index (χ0n) is 23.3. The summed E-state index contributed by atoms with van der Waals surface area (Å²) in [5.74, 6) is -2.38. The molecule has 0 saturated carbocycles. The predicted octanol–water partition coefficient (Wildman–Crippen LogP) is 2.53. The highest BCUT2D eigenvalue weighted by atomic mass is 16.6. The lowest BCUT2D eigenvalue weighted by Crippen LogP contribution is -2.37. The molecule has 1 aliphatic carbocycles. The largest absolute Gasteiger partial charge is 0.478 e. The van der Waals surface area contributed by atoms with Gasteiger partial charge in [-0.15, -0.1) is 0 Å². The van der Waals surface area contributed by atoms with E-state index in [1.807, 2.05) is 27.7 Å². The van der Waals surface area contributed by atoms with E-state index in [0.717, 1.165) is 5.57 Å². The lowest BCUT2D eigenvalue weighted by Gasteiger charge is -2.22. The summed E-state index contributed by atoms with van der Waals surface area (Å²) in [6, 6.07) is 4.47. The SMILES string of the molecule is CC(C)COC(=O)COc1ccc(C(=O)CN2C=C3C=CC(C(=N)N)C(=O)C3C2)cc1OCC(=O)OCC(C)C. The van der Waals surface area contributed by atoms with Crippen molar-refractivity contribution in [3.8, 4) is 11.5 Å². The second-order valence-corrected chi connectivity index (χ2v) is 10.6. The van der Waals surface area contributed by atoms with Crippen LogP contribution in [0.2, 0.25) is 0 Å². The van der Waals surface area contributed by atoms with E-state index >= 15 is 0 Å². The van der Waals surface area contributed by atoms with Crippen LogP contribution in [0.15, 0.2) is 42.1 Å². The van der Waals surface area contributed by atoms with E-state index in [1.165, 1.54) is 18.2 Å². The molecule has 0 fully saturated rings. The first-order valence-electron chi connectivity index (χ1n) is 13.2. The maximum absolute atomic E-state index is 13.2. The summed E-state index contributed by atoms with van der Waals surface area (Å²) in [7, 11) is 0. The normalized spacial score (nSPS) is 17.9. The van der Waals surface area contributed by atoms with Gasteiger partial charge in [0, 0.05) is 18.3 Å². The second kappa shape index (κ2) is 13.8. The van der Waals surface area contributed by atoms with Crippen LogP contribution in [0.25, 0.3) is 0 Å². The summed E-state index contributed by atoms with van der Waals surface area (Å²) < 4.78 is 21.5. The van der Waals surface area contributed by atoms with Gasteiger partial charge in [0.15, 0.2) is 36.3 Å². The molecule has 3 rings (SSSR count). The van der Waals surface area contributed by atoms with Crippen LogP contribution in [0.4, 0.5) is 0 Å². The van der Waals surface area contributed by atoms with Gasteiger partial charge in [0.1, 0.15) is 5.84 Å². The van der Waals surface area contributed by atoms with Crippen LogP contribution in [0.3, 0.4) is 0 Å². The number of carbonyl (C=O) groups excluding carboxylic acids is 4. The van der Waals surface area contributed by atoms with Crippen LogP contribution >= 0.6 is 0 Å². The molecule has 11 nitrogen and oxygen atoms in total. The van der Waals surface area contributed by atoms with Gasteiger partial charge >= 0.3 is 11.9 Å². The van der Waals surface area contributed by atoms with Gasteiger partial charge in [0.05, 0.1) is 31.6 Å².